The molecule has 0 radical (unpaired) electrons. The molecule has 12 aromatic rings. The molecule has 0 saturated carbocycles. The van der Waals surface area contributed by atoms with E-state index in [0.29, 0.717) is 0 Å². The van der Waals surface area contributed by atoms with Crippen molar-refractivity contribution in [1.82, 2.24) is 9.13 Å². The van der Waals surface area contributed by atoms with Crippen LogP contribution in [0.5, 0.6) is 0 Å². The molecule has 0 saturated heterocycles. The van der Waals surface area contributed by atoms with E-state index in [1.807, 2.05) is 11.3 Å². The Hall–Kier alpha value is -6.94. The molecule has 0 spiro atoms. The lowest BCUT2D eigenvalue weighted by Gasteiger charge is -2.12. The van der Waals surface area contributed by atoms with Crippen LogP contribution in [0.2, 0.25) is 0 Å². The van der Waals surface area contributed by atoms with Gasteiger partial charge in [0.15, 0.2) is 0 Å². The lowest BCUT2D eigenvalue weighted by Crippen LogP contribution is -1.95. The number of fused-ring (bicyclic) bond motifs is 11. The first-order valence-corrected chi connectivity index (χ1v) is 19.7. The normalized spacial score (nSPS) is 12.0. The van der Waals surface area contributed by atoms with E-state index in [4.69, 9.17) is 0 Å². The van der Waals surface area contributed by atoms with E-state index in [2.05, 4.69) is 203 Å². The first kappa shape index (κ1) is 30.5. The van der Waals surface area contributed by atoms with E-state index in [-0.39, 0.29) is 0 Å². The van der Waals surface area contributed by atoms with Crippen LogP contribution in [0.25, 0.3) is 108 Å². The molecule has 0 amide bonds. The third-order valence-corrected chi connectivity index (χ3v) is 12.6. The van der Waals surface area contributed by atoms with Gasteiger partial charge in [-0.3, -0.25) is 0 Å². The van der Waals surface area contributed by atoms with Crippen molar-refractivity contribution < 1.29 is 0 Å². The Labute approximate surface area is 321 Å². The topological polar surface area (TPSA) is 9.86 Å². The molecule has 12 rings (SSSR count). The fourth-order valence-corrected chi connectivity index (χ4v) is 10.2. The van der Waals surface area contributed by atoms with Crippen molar-refractivity contribution in [3.8, 4) is 33.6 Å². The number of rotatable bonds is 4. The van der Waals surface area contributed by atoms with Crippen LogP contribution in [0.15, 0.2) is 194 Å². The summed E-state index contributed by atoms with van der Waals surface area (Å²) in [6.45, 7) is 0. The maximum Gasteiger partial charge on any atom is 0.0548 e. The smallest absolute Gasteiger partial charge is 0.0548 e. The van der Waals surface area contributed by atoms with Gasteiger partial charge in [-0.25, -0.2) is 0 Å². The quantitative estimate of drug-likeness (QED) is 0.172. The number of aromatic nitrogens is 2. The van der Waals surface area contributed by atoms with Crippen LogP contribution in [-0.2, 0) is 0 Å². The van der Waals surface area contributed by atoms with Crippen molar-refractivity contribution in [1.29, 1.82) is 0 Å². The molecule has 9 aromatic carbocycles. The van der Waals surface area contributed by atoms with E-state index in [9.17, 15) is 0 Å². The zero-order valence-electron chi connectivity index (χ0n) is 29.8. The third kappa shape index (κ3) is 4.54. The van der Waals surface area contributed by atoms with E-state index >= 15 is 0 Å². The summed E-state index contributed by atoms with van der Waals surface area (Å²) in [6, 6.07) is 71.4. The van der Waals surface area contributed by atoms with Crippen molar-refractivity contribution >= 4 is 85.9 Å². The van der Waals surface area contributed by atoms with Crippen LogP contribution < -0.4 is 0 Å². The molecule has 0 aliphatic carbocycles. The Kier molecular flexibility index (Phi) is 6.54. The number of para-hydroxylation sites is 1. The van der Waals surface area contributed by atoms with Crippen molar-refractivity contribution in [3.63, 3.8) is 0 Å². The molecular formula is C52H32N2S. The zero-order chi connectivity index (χ0) is 36.0. The van der Waals surface area contributed by atoms with Gasteiger partial charge in [0.1, 0.15) is 0 Å². The Balaban J connectivity index is 1.11. The molecule has 0 atom stereocenters. The highest BCUT2D eigenvalue weighted by molar-refractivity contribution is 7.26. The van der Waals surface area contributed by atoms with Gasteiger partial charge in [0.2, 0.25) is 0 Å². The summed E-state index contributed by atoms with van der Waals surface area (Å²) >= 11 is 1.88. The summed E-state index contributed by atoms with van der Waals surface area (Å²) < 4.78 is 7.55. The number of benzene rings is 9. The largest absolute Gasteiger partial charge is 0.309 e. The van der Waals surface area contributed by atoms with Crippen LogP contribution in [0.4, 0.5) is 0 Å². The summed E-state index contributed by atoms with van der Waals surface area (Å²) in [5, 5.41) is 10.3. The van der Waals surface area contributed by atoms with Crippen LogP contribution in [0.3, 0.4) is 0 Å². The molecule has 55 heavy (non-hydrogen) atoms. The van der Waals surface area contributed by atoms with E-state index < -0.39 is 0 Å². The molecule has 3 heteroatoms. The SMILES string of the molecule is c1ccc(-c2cccc(-n3c4ccccc4c4cc(-c5ccc6c(c5)c5c7c(ccc5n6-c5cccc6ccccc56)sc5ccccc57)ccc43)c2)cc1. The monoisotopic (exact) mass is 716 g/mol. The zero-order valence-corrected chi connectivity index (χ0v) is 30.6. The molecule has 0 aliphatic heterocycles. The second-order valence-corrected chi connectivity index (χ2v) is 15.6. The van der Waals surface area contributed by atoms with E-state index in [1.54, 1.807) is 0 Å². The lowest BCUT2D eigenvalue weighted by atomic mass is 9.99. The minimum absolute atomic E-state index is 1.16. The highest BCUT2D eigenvalue weighted by Crippen LogP contribution is 2.45. The van der Waals surface area contributed by atoms with Gasteiger partial charge in [0.05, 0.1) is 27.8 Å². The molecule has 2 nitrogen and oxygen atoms in total. The van der Waals surface area contributed by atoms with Crippen LogP contribution in [0.1, 0.15) is 0 Å². The predicted octanol–water partition coefficient (Wildman–Crippen LogP) is 14.7. The molecule has 0 bridgehead atoms. The maximum atomic E-state index is 2.49. The van der Waals surface area contributed by atoms with Crippen molar-refractivity contribution in [2.75, 3.05) is 0 Å². The summed E-state index contributed by atoms with van der Waals surface area (Å²) in [5.41, 5.74) is 12.1. The first-order valence-electron chi connectivity index (χ1n) is 18.8. The Morgan fingerprint density at radius 1 is 0.309 bits per heavy atom. The van der Waals surface area contributed by atoms with E-state index in [0.717, 1.165) is 5.69 Å². The van der Waals surface area contributed by atoms with E-state index in [1.165, 1.54) is 102 Å². The molecular weight excluding hydrogens is 685 g/mol. The highest BCUT2D eigenvalue weighted by atomic mass is 32.1. The summed E-state index contributed by atoms with van der Waals surface area (Å²) in [6.07, 6.45) is 0. The Morgan fingerprint density at radius 3 is 1.80 bits per heavy atom. The lowest BCUT2D eigenvalue weighted by molar-refractivity contribution is 1.18. The number of hydrogen-bond acceptors (Lipinski definition) is 1. The van der Waals surface area contributed by atoms with Crippen LogP contribution in [0, 0.1) is 0 Å². The maximum absolute atomic E-state index is 2.49. The number of hydrogen-bond donors (Lipinski definition) is 0. The fourth-order valence-electron chi connectivity index (χ4n) is 9.05. The highest BCUT2D eigenvalue weighted by Gasteiger charge is 2.20. The molecule has 256 valence electrons. The van der Waals surface area contributed by atoms with Crippen LogP contribution in [-0.4, -0.2) is 9.13 Å². The predicted molar refractivity (Wildman–Crippen MR) is 236 cm³/mol. The molecule has 0 unspecified atom stereocenters. The van der Waals surface area contributed by atoms with Crippen molar-refractivity contribution in [3.05, 3.63) is 194 Å². The van der Waals surface area contributed by atoms with Gasteiger partial charge in [-0.05, 0) is 94.4 Å². The van der Waals surface area contributed by atoms with Crippen LogP contribution >= 0.6 is 11.3 Å². The Bertz CT molecular complexity index is 3480. The minimum atomic E-state index is 1.16. The average molecular weight is 717 g/mol. The van der Waals surface area contributed by atoms with Gasteiger partial charge in [-0.2, -0.15) is 0 Å². The van der Waals surface area contributed by atoms with Crippen molar-refractivity contribution in [2.45, 2.75) is 0 Å². The molecule has 0 aliphatic rings. The van der Waals surface area contributed by atoms with Gasteiger partial charge in [-0.15, -0.1) is 11.3 Å². The summed E-state index contributed by atoms with van der Waals surface area (Å²) in [5.74, 6) is 0. The van der Waals surface area contributed by atoms with Gasteiger partial charge < -0.3 is 9.13 Å². The van der Waals surface area contributed by atoms with Gasteiger partial charge >= 0.3 is 0 Å². The van der Waals surface area contributed by atoms with Gasteiger partial charge in [0.25, 0.3) is 0 Å². The number of nitrogens with zero attached hydrogens (tertiary/aromatic N) is 2. The Morgan fingerprint density at radius 2 is 0.927 bits per heavy atom. The first-order chi connectivity index (χ1) is 27.3. The molecule has 0 N–H and O–H groups in total. The summed E-state index contributed by atoms with van der Waals surface area (Å²) in [7, 11) is 0. The standard InChI is InChI=1S/C52H32N2S/c1-2-12-33(13-3-1)35-16-10-17-38(30-35)53-45-21-8-6-19-40(45)42-31-36(24-26-46(42)53)37-25-27-47-43(32-37)51-48(28-29-50-52(51)41-20-7-9-23-49(41)55-50)54(47)44-22-11-15-34-14-4-5-18-39(34)44/h1-32H. The second-order valence-electron chi connectivity index (χ2n) is 14.5. The van der Waals surface area contributed by atoms with Gasteiger partial charge in [-0.1, -0.05) is 127 Å². The van der Waals surface area contributed by atoms with Gasteiger partial charge in [0, 0.05) is 52.8 Å². The van der Waals surface area contributed by atoms with Crippen molar-refractivity contribution in [2.24, 2.45) is 0 Å². The average Bonchev–Trinajstić information content (AvgIpc) is 3.91. The fraction of sp³-hybridized carbons (Fsp3) is 0. The summed E-state index contributed by atoms with van der Waals surface area (Å²) in [4.78, 5) is 0. The second kappa shape index (κ2) is 11.8. The minimum Gasteiger partial charge on any atom is -0.309 e. The number of thiophene rings is 1. The molecule has 0 fully saturated rings. The molecule has 3 heterocycles. The third-order valence-electron chi connectivity index (χ3n) is 11.5. The molecule has 3 aromatic heterocycles.